The second-order valence-corrected chi connectivity index (χ2v) is 23.7. The Hall–Kier alpha value is -3.36. The summed E-state index contributed by atoms with van der Waals surface area (Å²) in [6, 6.07) is 0. The van der Waals surface area contributed by atoms with E-state index in [0.29, 0.717) is 65.2 Å². The summed E-state index contributed by atoms with van der Waals surface area (Å²) in [5.74, 6) is -0.449. The van der Waals surface area contributed by atoms with Gasteiger partial charge in [0, 0.05) is 73.2 Å². The molecule has 0 aromatic rings. The van der Waals surface area contributed by atoms with E-state index >= 15 is 0 Å². The van der Waals surface area contributed by atoms with Crippen molar-refractivity contribution >= 4 is 100 Å². The van der Waals surface area contributed by atoms with Crippen LogP contribution in [0.1, 0.15) is 127 Å². The van der Waals surface area contributed by atoms with Crippen molar-refractivity contribution in [3.63, 3.8) is 0 Å². The smallest absolute Gasteiger partial charge is 0.306 e. The number of halogens is 3. The van der Waals surface area contributed by atoms with E-state index < -0.39 is 32.0 Å². The number of methoxy groups -OCH3 is 2. The Labute approximate surface area is 481 Å². The van der Waals surface area contributed by atoms with Crippen molar-refractivity contribution in [3.05, 3.63) is 0 Å². The molecular formula is C49H91B2Cl3N5O18S. The molecule has 5 aliphatic rings. The number of ether oxygens (including phenoxy) is 5. The van der Waals surface area contributed by atoms with Gasteiger partial charge in [-0.15, -0.1) is 12.4 Å². The van der Waals surface area contributed by atoms with Crippen LogP contribution in [0.3, 0.4) is 0 Å². The third kappa shape index (κ3) is 42.5. The predicted octanol–water partition coefficient (Wildman–Crippen LogP) is 6.57. The molecule has 29 heteroatoms. The number of likely N-dealkylation sites (tertiary alicyclic amines) is 3. The Kier molecular flexibility index (Phi) is 44.8. The molecule has 5 fully saturated rings. The Morgan fingerprint density at radius 1 is 0.615 bits per heavy atom. The van der Waals surface area contributed by atoms with E-state index in [1.165, 1.54) is 21.7 Å². The van der Waals surface area contributed by atoms with Crippen LogP contribution in [0.4, 0.5) is 14.4 Å². The minimum absolute atomic E-state index is 0. The van der Waals surface area contributed by atoms with E-state index in [1.807, 2.05) is 62.3 Å². The van der Waals surface area contributed by atoms with Crippen molar-refractivity contribution in [2.24, 2.45) is 29.6 Å². The number of piperidine rings is 5. The number of aliphatic carboxylic acids is 1. The molecule has 0 aromatic heterocycles. The van der Waals surface area contributed by atoms with Crippen molar-refractivity contribution < 1.29 is 86.1 Å². The Morgan fingerprint density at radius 2 is 0.936 bits per heavy atom. The summed E-state index contributed by atoms with van der Waals surface area (Å²) in [5.41, 5.74) is -1.35. The first kappa shape index (κ1) is 78.9. The maximum absolute atomic E-state index is 11.7. The van der Waals surface area contributed by atoms with Gasteiger partial charge < -0.3 is 64.0 Å². The molecule has 4 N–H and O–H groups in total. The molecule has 0 aliphatic carbocycles. The number of hydrogen-bond donors (Lipinski definition) is 4. The molecule has 0 aromatic carbocycles. The van der Waals surface area contributed by atoms with Gasteiger partial charge in [-0.2, -0.15) is 0 Å². The topological polar surface area (TPSA) is 292 Å². The normalized spacial score (nSPS) is 17.4. The number of esters is 2. The molecule has 453 valence electrons. The van der Waals surface area contributed by atoms with Crippen LogP contribution >= 0.6 is 33.8 Å². The van der Waals surface area contributed by atoms with Crippen molar-refractivity contribution in [2.75, 3.05) is 92.8 Å². The van der Waals surface area contributed by atoms with Gasteiger partial charge in [0.2, 0.25) is 9.23 Å². The zero-order valence-electron chi connectivity index (χ0n) is 48.0. The van der Waals surface area contributed by atoms with Crippen LogP contribution in [0, 0.1) is 29.6 Å². The third-order valence-electron chi connectivity index (χ3n) is 11.5. The average Bonchev–Trinajstić information content (AvgIpc) is 3.38. The van der Waals surface area contributed by atoms with Gasteiger partial charge in [-0.1, -0.05) is 0 Å². The summed E-state index contributed by atoms with van der Waals surface area (Å²) in [7, 11) is 12.2. The largest absolute Gasteiger partial charge is 0.481 e. The van der Waals surface area contributed by atoms with E-state index in [1.54, 1.807) is 21.5 Å². The maximum atomic E-state index is 11.7. The SMILES string of the molecule is CC(C)(C)OC(=O)N1CCC(C=O)CC1.CC(C)(C)OC(=O)N1CCC(CO)CC1.COC(=O)C1CCN(C(=O)OC(C)(C)C)CC1.COC(=O)C1CCNCC1.C[B]OOCB=O.Cl.O=C(O)C1CCNCC1.O=S(Cl)Cl. The number of carboxylic acid groups (broad SMARTS) is 1. The van der Waals surface area contributed by atoms with Crippen LogP contribution in [0.15, 0.2) is 0 Å². The van der Waals surface area contributed by atoms with Crippen molar-refractivity contribution in [1.82, 2.24) is 25.3 Å². The molecule has 1 radical (unpaired) electrons. The fourth-order valence-electron chi connectivity index (χ4n) is 7.39. The number of carbonyl (C=O) groups excluding carboxylic acids is 6. The first-order chi connectivity index (χ1) is 36.0. The fraction of sp³-hybridized carbons (Fsp3) is 0.857. The summed E-state index contributed by atoms with van der Waals surface area (Å²) >= 11 is 0. The Morgan fingerprint density at radius 3 is 1.21 bits per heavy atom. The summed E-state index contributed by atoms with van der Waals surface area (Å²) in [4.78, 5) is 91.6. The monoisotopic (exact) mass is 1200 g/mol. The summed E-state index contributed by atoms with van der Waals surface area (Å²) < 4.78 is 43.6. The van der Waals surface area contributed by atoms with E-state index in [0.717, 1.165) is 83.8 Å². The van der Waals surface area contributed by atoms with Crippen molar-refractivity contribution in [1.29, 1.82) is 0 Å². The molecular weight excluding hydrogens is 1110 g/mol. The summed E-state index contributed by atoms with van der Waals surface area (Å²) in [6.07, 6.45) is 8.12. The van der Waals surface area contributed by atoms with Crippen LogP contribution in [0.5, 0.6) is 0 Å². The molecule has 0 spiro atoms. The summed E-state index contributed by atoms with van der Waals surface area (Å²) in [5, 5.41) is 23.8. The van der Waals surface area contributed by atoms with Gasteiger partial charge in [0.05, 0.1) is 32.0 Å². The summed E-state index contributed by atoms with van der Waals surface area (Å²) in [6.45, 7) is 25.9. The molecule has 0 saturated carbocycles. The van der Waals surface area contributed by atoms with Gasteiger partial charge >= 0.3 is 78.5 Å². The van der Waals surface area contributed by atoms with E-state index in [9.17, 15) is 38.3 Å². The second-order valence-electron chi connectivity index (χ2n) is 21.2. The molecule has 0 unspecified atom stereocenters. The van der Waals surface area contributed by atoms with E-state index in [4.69, 9.17) is 33.4 Å². The van der Waals surface area contributed by atoms with Crippen LogP contribution < -0.4 is 10.6 Å². The standard InChI is InChI=1S/C12H21NO4.C11H21NO3.C11H19NO3.C7H13NO2.C6H11NO2.C2H5B2O3.Cl2OS.ClH/c1-12(2,3)17-11(15)13-7-5-9(6-8-13)10(14)16-4;2*1-11(2,3)15-10(14)12-6-4-9(8-13)5-7-12;1-10-7(9)6-2-4-8-5-3-6;8-6(9)5-1-3-7-4-2-5;1-3-7-6-2-4-5;1-4(2)3;/h9H,5-8H2,1-4H3;9,13H,4-8H2,1-3H3;8-9H,4-7H2,1-3H3;6,8H,2-5H2,1H3;5,7H,1-4H2,(H,8,9);2H2,1H3;;1H. The third-order valence-corrected chi connectivity index (χ3v) is 11.5. The Balaban J connectivity index is -0.000000868. The van der Waals surface area contributed by atoms with Crippen LogP contribution in [0.2, 0.25) is 6.82 Å². The zero-order chi connectivity index (χ0) is 59.2. The molecule has 78 heavy (non-hydrogen) atoms. The van der Waals surface area contributed by atoms with Gasteiger partial charge in [-0.05, 0) is 159 Å². The van der Waals surface area contributed by atoms with Crippen LogP contribution in [-0.4, -0.2) is 196 Å². The average molecular weight is 1200 g/mol. The maximum Gasteiger partial charge on any atom is 0.306 e. The first-order valence-corrected chi connectivity index (χ1v) is 28.8. The molecule has 0 atom stereocenters. The molecule has 0 bridgehead atoms. The number of hydrogen-bond acceptors (Lipinski definition) is 19. The number of amides is 3. The Bertz CT molecular complexity index is 1710. The number of rotatable bonds is 9. The van der Waals surface area contributed by atoms with Crippen LogP contribution in [-0.2, 0) is 66.5 Å². The zero-order valence-corrected chi connectivity index (χ0v) is 51.2. The van der Waals surface area contributed by atoms with Gasteiger partial charge in [0.15, 0.2) is 0 Å². The van der Waals surface area contributed by atoms with E-state index in [-0.39, 0.29) is 79.4 Å². The second kappa shape index (κ2) is 44.3. The van der Waals surface area contributed by atoms with Gasteiger partial charge in [-0.3, -0.25) is 14.4 Å². The van der Waals surface area contributed by atoms with Gasteiger partial charge in [0.1, 0.15) is 23.1 Å². The quantitative estimate of drug-likeness (QED) is 0.0277. The number of aliphatic hydroxyl groups excluding tert-OH is 1. The van der Waals surface area contributed by atoms with E-state index in [2.05, 4.69) is 46.4 Å². The molecule has 5 saturated heterocycles. The fourth-order valence-corrected chi connectivity index (χ4v) is 7.39. The number of nitrogens with zero attached hydrogens (tertiary/aromatic N) is 3. The minimum Gasteiger partial charge on any atom is -0.481 e. The van der Waals surface area contributed by atoms with Crippen LogP contribution in [0.25, 0.3) is 0 Å². The number of nitrogens with one attached hydrogen (secondary N) is 2. The molecule has 5 aliphatic heterocycles. The van der Waals surface area contributed by atoms with Gasteiger partial charge in [0.25, 0.3) is 0 Å². The minimum atomic E-state index is -1.67. The number of aldehydes is 1. The number of carboxylic acids is 1. The first-order valence-electron chi connectivity index (χ1n) is 26.0. The molecule has 5 heterocycles. The molecule has 23 nitrogen and oxygen atoms in total. The number of carbonyl (C=O) groups is 7. The van der Waals surface area contributed by atoms with Crippen molar-refractivity contribution in [2.45, 2.75) is 150 Å². The molecule has 3 amide bonds. The molecule has 5 rings (SSSR count). The predicted molar refractivity (Wildman–Crippen MR) is 300 cm³/mol. The van der Waals surface area contributed by atoms with Gasteiger partial charge in [-0.25, -0.2) is 18.6 Å². The van der Waals surface area contributed by atoms with Crippen molar-refractivity contribution in [3.8, 4) is 0 Å². The number of aliphatic hydroxyl groups is 1.